The van der Waals surface area contributed by atoms with E-state index in [1.165, 1.54) is 6.20 Å². The Kier molecular flexibility index (Phi) is 4.29. The summed E-state index contributed by atoms with van der Waals surface area (Å²) in [5, 5.41) is 3.27. The van der Waals surface area contributed by atoms with Gasteiger partial charge in [-0.3, -0.25) is 4.79 Å². The minimum atomic E-state index is -0.340. The number of hydrogen-bond acceptors (Lipinski definition) is 3. The van der Waals surface area contributed by atoms with E-state index in [-0.39, 0.29) is 10.9 Å². The van der Waals surface area contributed by atoms with E-state index in [1.807, 2.05) is 0 Å². The molecule has 0 aliphatic heterocycles. The highest BCUT2D eigenvalue weighted by atomic mass is 79.9. The number of benzene rings is 1. The van der Waals surface area contributed by atoms with Crippen LogP contribution in [0.2, 0.25) is 10.0 Å². The maximum Gasteiger partial charge on any atom is 0.257 e. The molecule has 0 aliphatic carbocycles. The number of nitrogen functional groups attached to an aromatic ring is 1. The Bertz CT molecular complexity index is 632. The van der Waals surface area contributed by atoms with Crippen LogP contribution >= 0.6 is 39.1 Å². The summed E-state index contributed by atoms with van der Waals surface area (Å²) in [6.45, 7) is 0. The molecule has 7 heteroatoms. The van der Waals surface area contributed by atoms with Crippen LogP contribution < -0.4 is 11.1 Å². The van der Waals surface area contributed by atoms with Crippen LogP contribution in [-0.4, -0.2) is 10.9 Å². The molecule has 0 saturated carbocycles. The van der Waals surface area contributed by atoms with Crippen LogP contribution in [-0.2, 0) is 0 Å². The molecule has 0 fully saturated rings. The van der Waals surface area contributed by atoms with Crippen molar-refractivity contribution >= 4 is 56.5 Å². The minimum absolute atomic E-state index is 0.271. The van der Waals surface area contributed by atoms with Crippen LogP contribution in [0.5, 0.6) is 0 Å². The molecule has 2 rings (SSSR count). The molecular weight excluding hydrogens is 353 g/mol. The molecule has 19 heavy (non-hydrogen) atoms. The second-order valence-electron chi connectivity index (χ2n) is 3.65. The maximum absolute atomic E-state index is 12.0. The van der Waals surface area contributed by atoms with E-state index >= 15 is 0 Å². The van der Waals surface area contributed by atoms with Crippen LogP contribution in [0.1, 0.15) is 10.4 Å². The highest BCUT2D eigenvalue weighted by molar-refractivity contribution is 9.10. The topological polar surface area (TPSA) is 68.0 Å². The normalized spacial score (nSPS) is 10.3. The third-order valence-electron chi connectivity index (χ3n) is 2.33. The molecule has 0 saturated heterocycles. The average Bonchev–Trinajstić information content (AvgIpc) is 2.40. The van der Waals surface area contributed by atoms with Gasteiger partial charge in [0.2, 0.25) is 0 Å². The summed E-state index contributed by atoms with van der Waals surface area (Å²) in [5.74, 6) is 0.00839. The SMILES string of the molecule is Nc1ccc(C(=O)Nc2ccc(Br)c(Cl)c2Cl)cn1. The Labute approximate surface area is 128 Å². The zero-order valence-electron chi connectivity index (χ0n) is 9.45. The lowest BCUT2D eigenvalue weighted by Crippen LogP contribution is -2.12. The number of carbonyl (C=O) groups is 1. The molecular formula is C12H8BrCl2N3O. The summed E-state index contributed by atoms with van der Waals surface area (Å²) in [6.07, 6.45) is 1.39. The summed E-state index contributed by atoms with van der Waals surface area (Å²) in [7, 11) is 0. The van der Waals surface area contributed by atoms with Crippen LogP contribution in [0.25, 0.3) is 0 Å². The van der Waals surface area contributed by atoms with Crippen LogP contribution in [0.15, 0.2) is 34.9 Å². The molecule has 98 valence electrons. The molecule has 0 atom stereocenters. The van der Waals surface area contributed by atoms with E-state index in [9.17, 15) is 4.79 Å². The monoisotopic (exact) mass is 359 g/mol. The zero-order chi connectivity index (χ0) is 14.0. The van der Waals surface area contributed by atoms with Gasteiger partial charge in [-0.1, -0.05) is 23.2 Å². The largest absolute Gasteiger partial charge is 0.384 e. The molecule has 1 aromatic heterocycles. The van der Waals surface area contributed by atoms with Crippen molar-refractivity contribution in [3.8, 4) is 0 Å². The molecule has 1 amide bonds. The first kappa shape index (κ1) is 14.1. The van der Waals surface area contributed by atoms with Gasteiger partial charge >= 0.3 is 0 Å². The van der Waals surface area contributed by atoms with Gasteiger partial charge in [0.25, 0.3) is 5.91 Å². The van der Waals surface area contributed by atoms with Crippen molar-refractivity contribution in [2.24, 2.45) is 0 Å². The summed E-state index contributed by atoms with van der Waals surface area (Å²) in [5.41, 5.74) is 6.26. The van der Waals surface area contributed by atoms with Crippen molar-refractivity contribution in [3.05, 3.63) is 50.5 Å². The predicted octanol–water partition coefficient (Wildman–Crippen LogP) is 3.99. The minimum Gasteiger partial charge on any atom is -0.384 e. The molecule has 0 bridgehead atoms. The van der Waals surface area contributed by atoms with Crippen LogP contribution in [0.3, 0.4) is 0 Å². The van der Waals surface area contributed by atoms with Crippen molar-refractivity contribution in [2.45, 2.75) is 0 Å². The molecule has 1 heterocycles. The Morgan fingerprint density at radius 3 is 2.58 bits per heavy atom. The van der Waals surface area contributed by atoms with Crippen molar-refractivity contribution < 1.29 is 4.79 Å². The Morgan fingerprint density at radius 2 is 1.95 bits per heavy atom. The van der Waals surface area contributed by atoms with Crippen molar-refractivity contribution in [2.75, 3.05) is 11.1 Å². The van der Waals surface area contributed by atoms with E-state index in [1.54, 1.807) is 24.3 Å². The standard InChI is InChI=1S/C12H8BrCl2N3O/c13-7-2-3-8(11(15)10(7)14)18-12(19)6-1-4-9(16)17-5-6/h1-5H,(H2,16,17)(H,18,19). The fraction of sp³-hybridized carbons (Fsp3) is 0. The molecule has 3 N–H and O–H groups in total. The summed E-state index contributed by atoms with van der Waals surface area (Å²) in [6, 6.07) is 6.48. The van der Waals surface area contributed by atoms with Gasteiger partial charge in [-0.2, -0.15) is 0 Å². The molecule has 1 aromatic carbocycles. The summed E-state index contributed by atoms with van der Waals surface area (Å²) >= 11 is 15.3. The molecule has 0 spiro atoms. The maximum atomic E-state index is 12.0. The summed E-state index contributed by atoms with van der Waals surface area (Å²) in [4.78, 5) is 15.8. The van der Waals surface area contributed by atoms with Crippen molar-refractivity contribution in [1.82, 2.24) is 4.98 Å². The molecule has 0 aliphatic rings. The van der Waals surface area contributed by atoms with Crippen molar-refractivity contribution in [1.29, 1.82) is 0 Å². The predicted molar refractivity (Wildman–Crippen MR) is 80.8 cm³/mol. The van der Waals surface area contributed by atoms with Gasteiger partial charge in [0, 0.05) is 10.7 Å². The van der Waals surface area contributed by atoms with Gasteiger partial charge in [0.05, 0.1) is 21.3 Å². The van der Waals surface area contributed by atoms with E-state index in [4.69, 9.17) is 28.9 Å². The van der Waals surface area contributed by atoms with E-state index in [0.29, 0.717) is 26.6 Å². The average molecular weight is 361 g/mol. The number of halogens is 3. The number of nitrogens with two attached hydrogens (primary N) is 1. The number of amides is 1. The Morgan fingerprint density at radius 1 is 1.21 bits per heavy atom. The quantitative estimate of drug-likeness (QED) is 0.795. The lowest BCUT2D eigenvalue weighted by atomic mass is 10.2. The lowest BCUT2D eigenvalue weighted by Gasteiger charge is -2.09. The number of rotatable bonds is 2. The first-order valence-electron chi connectivity index (χ1n) is 5.15. The van der Waals surface area contributed by atoms with E-state index in [2.05, 4.69) is 26.2 Å². The van der Waals surface area contributed by atoms with Gasteiger partial charge in [0.1, 0.15) is 5.82 Å². The molecule has 0 unspecified atom stereocenters. The Hall–Kier alpha value is -1.30. The lowest BCUT2D eigenvalue weighted by molar-refractivity contribution is 0.102. The van der Waals surface area contributed by atoms with Crippen LogP contribution in [0, 0.1) is 0 Å². The second kappa shape index (κ2) is 5.77. The van der Waals surface area contributed by atoms with Gasteiger partial charge in [-0.25, -0.2) is 4.98 Å². The number of aromatic nitrogens is 1. The number of nitrogens with one attached hydrogen (secondary N) is 1. The number of nitrogens with zero attached hydrogens (tertiary/aromatic N) is 1. The Balaban J connectivity index is 2.24. The highest BCUT2D eigenvalue weighted by Gasteiger charge is 2.12. The molecule has 4 nitrogen and oxygen atoms in total. The highest BCUT2D eigenvalue weighted by Crippen LogP contribution is 2.35. The smallest absolute Gasteiger partial charge is 0.257 e. The second-order valence-corrected chi connectivity index (χ2v) is 5.26. The number of hydrogen-bond donors (Lipinski definition) is 2. The van der Waals surface area contributed by atoms with Crippen molar-refractivity contribution in [3.63, 3.8) is 0 Å². The number of pyridine rings is 1. The van der Waals surface area contributed by atoms with Gasteiger partial charge in [0.15, 0.2) is 0 Å². The number of carbonyl (C=O) groups excluding carboxylic acids is 1. The van der Waals surface area contributed by atoms with Gasteiger partial charge in [-0.15, -0.1) is 0 Å². The fourth-order valence-corrected chi connectivity index (χ4v) is 2.18. The zero-order valence-corrected chi connectivity index (χ0v) is 12.6. The van der Waals surface area contributed by atoms with Gasteiger partial charge < -0.3 is 11.1 Å². The third-order valence-corrected chi connectivity index (χ3v) is 4.10. The van der Waals surface area contributed by atoms with E-state index in [0.717, 1.165) is 0 Å². The number of anilines is 2. The summed E-state index contributed by atoms with van der Waals surface area (Å²) < 4.78 is 0.659. The van der Waals surface area contributed by atoms with Gasteiger partial charge in [-0.05, 0) is 40.2 Å². The first-order valence-corrected chi connectivity index (χ1v) is 6.70. The van der Waals surface area contributed by atoms with E-state index < -0.39 is 0 Å². The van der Waals surface area contributed by atoms with Crippen LogP contribution in [0.4, 0.5) is 11.5 Å². The molecule has 2 aromatic rings. The molecule has 0 radical (unpaired) electrons. The third kappa shape index (κ3) is 3.18. The fourth-order valence-electron chi connectivity index (χ4n) is 1.36. The first-order chi connectivity index (χ1) is 8.99.